The van der Waals surface area contributed by atoms with E-state index in [1.165, 1.54) is 17.2 Å². The summed E-state index contributed by atoms with van der Waals surface area (Å²) in [5.74, 6) is 1.51. The first-order valence-corrected chi connectivity index (χ1v) is 14.1. The van der Waals surface area contributed by atoms with Gasteiger partial charge in [-0.2, -0.15) is 0 Å². The van der Waals surface area contributed by atoms with Crippen molar-refractivity contribution in [3.63, 3.8) is 0 Å². The molecule has 210 valence electrons. The summed E-state index contributed by atoms with van der Waals surface area (Å²) in [4.78, 5) is 13.4. The molecule has 0 radical (unpaired) electrons. The van der Waals surface area contributed by atoms with Gasteiger partial charge >= 0.3 is 0 Å². The number of hydrogen-bond acceptors (Lipinski definition) is 4. The molecule has 0 aliphatic carbocycles. The summed E-state index contributed by atoms with van der Waals surface area (Å²) < 4.78 is 18.7. The lowest BCUT2D eigenvalue weighted by molar-refractivity contribution is 0.292. The van der Waals surface area contributed by atoms with Crippen LogP contribution in [-0.4, -0.2) is 0 Å². The van der Waals surface area contributed by atoms with Crippen molar-refractivity contribution in [1.29, 1.82) is 0 Å². The second kappa shape index (κ2) is 11.3. The molecule has 1 aromatic heterocycles. The maximum absolute atomic E-state index is 13.4. The Kier molecular flexibility index (Phi) is 7.77. The van der Waals surface area contributed by atoms with Gasteiger partial charge in [-0.05, 0) is 33.1 Å². The molecule has 0 aliphatic rings. The molecule has 0 unspecified atom stereocenters. The highest BCUT2D eigenvalue weighted by Crippen LogP contribution is 2.33. The number of ether oxygens (including phenoxy) is 2. The maximum atomic E-state index is 13.4. The molecule has 0 aliphatic heterocycles. The summed E-state index contributed by atoms with van der Waals surface area (Å²) in [5.41, 5.74) is 5.86. The van der Waals surface area contributed by atoms with E-state index in [9.17, 15) is 4.79 Å². The van der Waals surface area contributed by atoms with E-state index >= 15 is 0 Å². The van der Waals surface area contributed by atoms with Gasteiger partial charge in [0.2, 0.25) is 0 Å². The lowest BCUT2D eigenvalue weighted by Crippen LogP contribution is -2.11. The van der Waals surface area contributed by atoms with E-state index in [1.807, 2.05) is 30.3 Å². The van der Waals surface area contributed by atoms with Crippen molar-refractivity contribution in [1.82, 2.24) is 0 Å². The highest BCUT2D eigenvalue weighted by molar-refractivity contribution is 5.86. The molecular formula is C37H38O4. The van der Waals surface area contributed by atoms with Gasteiger partial charge in [0.15, 0.2) is 5.43 Å². The normalized spacial score (nSPS) is 12.0. The van der Waals surface area contributed by atoms with Gasteiger partial charge in [-0.15, -0.1) is 0 Å². The average molecular weight is 547 g/mol. The Labute approximate surface area is 242 Å². The third-order valence-corrected chi connectivity index (χ3v) is 7.27. The van der Waals surface area contributed by atoms with E-state index in [0.717, 1.165) is 16.7 Å². The van der Waals surface area contributed by atoms with E-state index in [4.69, 9.17) is 13.9 Å². The molecule has 0 atom stereocenters. The first-order chi connectivity index (χ1) is 19.5. The fraction of sp³-hybridized carbons (Fsp3) is 0.270. The Balaban J connectivity index is 1.47. The van der Waals surface area contributed by atoms with E-state index in [0.29, 0.717) is 41.4 Å². The second-order valence-corrected chi connectivity index (χ2v) is 12.6. The minimum Gasteiger partial charge on any atom is -0.489 e. The van der Waals surface area contributed by atoms with E-state index in [2.05, 4.69) is 90.1 Å². The van der Waals surface area contributed by atoms with Crippen LogP contribution in [0.4, 0.5) is 0 Å². The van der Waals surface area contributed by atoms with Crippen LogP contribution in [0.15, 0.2) is 106 Å². The molecule has 4 nitrogen and oxygen atoms in total. The van der Waals surface area contributed by atoms with Crippen molar-refractivity contribution < 1.29 is 13.9 Å². The first-order valence-electron chi connectivity index (χ1n) is 14.1. The molecule has 0 saturated carbocycles. The van der Waals surface area contributed by atoms with Crippen LogP contribution in [0.25, 0.3) is 22.3 Å². The molecule has 0 fully saturated rings. The van der Waals surface area contributed by atoms with Crippen LogP contribution < -0.4 is 14.9 Å². The van der Waals surface area contributed by atoms with Crippen LogP contribution in [0.2, 0.25) is 0 Å². The minimum absolute atomic E-state index is 0.0732. The molecular weight excluding hydrogens is 508 g/mol. The third-order valence-electron chi connectivity index (χ3n) is 7.27. The standard InChI is InChI=1S/C37H38O4/c1-36(2,3)28-16-12-25(13-17-28)23-39-30-20-33(40-24-26-14-18-29(19-15-26)37(4,5)6)35-31(38)22-32(41-34(35)21-30)27-10-8-7-9-11-27/h7-22H,23-24H2,1-6H3. The zero-order chi connectivity index (χ0) is 29.2. The monoisotopic (exact) mass is 546 g/mol. The lowest BCUT2D eigenvalue weighted by atomic mass is 9.87. The zero-order valence-corrected chi connectivity index (χ0v) is 24.8. The summed E-state index contributed by atoms with van der Waals surface area (Å²) >= 11 is 0. The summed E-state index contributed by atoms with van der Waals surface area (Å²) in [5, 5.41) is 0.401. The van der Waals surface area contributed by atoms with Crippen molar-refractivity contribution in [3.05, 3.63) is 130 Å². The summed E-state index contributed by atoms with van der Waals surface area (Å²) in [6, 6.07) is 31.6. The van der Waals surface area contributed by atoms with Crippen LogP contribution in [0.5, 0.6) is 11.5 Å². The van der Waals surface area contributed by atoms with Gasteiger partial charge in [0.1, 0.15) is 41.4 Å². The molecule has 1 heterocycles. The molecule has 0 amide bonds. The fourth-order valence-corrected chi connectivity index (χ4v) is 4.70. The number of rotatable bonds is 7. The van der Waals surface area contributed by atoms with Gasteiger partial charge in [0.05, 0.1) is 0 Å². The number of hydrogen-bond donors (Lipinski definition) is 0. The van der Waals surface area contributed by atoms with Crippen molar-refractivity contribution >= 4 is 11.0 Å². The predicted molar refractivity (Wildman–Crippen MR) is 167 cm³/mol. The summed E-state index contributed by atoms with van der Waals surface area (Å²) in [6.07, 6.45) is 0. The van der Waals surface area contributed by atoms with Crippen molar-refractivity contribution in [3.8, 4) is 22.8 Å². The van der Waals surface area contributed by atoms with Gasteiger partial charge in [0, 0.05) is 23.8 Å². The Bertz CT molecular complexity index is 1680. The highest BCUT2D eigenvalue weighted by Gasteiger charge is 2.17. The molecule has 4 heteroatoms. The first kappa shape index (κ1) is 28.2. The third kappa shape index (κ3) is 6.71. The van der Waals surface area contributed by atoms with E-state index in [1.54, 1.807) is 12.1 Å². The quantitative estimate of drug-likeness (QED) is 0.204. The van der Waals surface area contributed by atoms with Crippen LogP contribution >= 0.6 is 0 Å². The maximum Gasteiger partial charge on any atom is 0.197 e. The van der Waals surface area contributed by atoms with Crippen LogP contribution in [0.3, 0.4) is 0 Å². The molecule has 5 aromatic rings. The van der Waals surface area contributed by atoms with Gasteiger partial charge in [-0.1, -0.05) is 120 Å². The van der Waals surface area contributed by atoms with Crippen molar-refractivity contribution in [2.75, 3.05) is 0 Å². The Morgan fingerprint density at radius 2 is 1.17 bits per heavy atom. The van der Waals surface area contributed by atoms with Gasteiger partial charge in [-0.3, -0.25) is 4.79 Å². The zero-order valence-electron chi connectivity index (χ0n) is 24.8. The smallest absolute Gasteiger partial charge is 0.197 e. The highest BCUT2D eigenvalue weighted by atomic mass is 16.5. The second-order valence-electron chi connectivity index (χ2n) is 12.6. The van der Waals surface area contributed by atoms with Gasteiger partial charge in [-0.25, -0.2) is 0 Å². The molecule has 0 N–H and O–H groups in total. The van der Waals surface area contributed by atoms with Crippen LogP contribution in [-0.2, 0) is 24.0 Å². The lowest BCUT2D eigenvalue weighted by Gasteiger charge is -2.19. The predicted octanol–water partition coefficient (Wildman–Crippen LogP) is 9.21. The molecule has 0 spiro atoms. The topological polar surface area (TPSA) is 48.7 Å². The van der Waals surface area contributed by atoms with Gasteiger partial charge < -0.3 is 13.9 Å². The van der Waals surface area contributed by atoms with E-state index < -0.39 is 0 Å². The Morgan fingerprint density at radius 1 is 0.634 bits per heavy atom. The molecule has 0 bridgehead atoms. The minimum atomic E-state index is -0.160. The number of benzene rings is 4. The largest absolute Gasteiger partial charge is 0.489 e. The summed E-state index contributed by atoms with van der Waals surface area (Å²) in [7, 11) is 0. The molecule has 5 rings (SSSR count). The SMILES string of the molecule is CC(C)(C)c1ccc(COc2cc(OCc3ccc(C(C)(C)C)cc3)c3c(=O)cc(-c4ccccc4)oc3c2)cc1. The summed E-state index contributed by atoms with van der Waals surface area (Å²) in [6.45, 7) is 13.9. The van der Waals surface area contributed by atoms with Crippen molar-refractivity contribution in [2.24, 2.45) is 0 Å². The fourth-order valence-electron chi connectivity index (χ4n) is 4.70. The van der Waals surface area contributed by atoms with Crippen LogP contribution in [0, 0.1) is 0 Å². The van der Waals surface area contributed by atoms with Gasteiger partial charge in [0.25, 0.3) is 0 Å². The number of fused-ring (bicyclic) bond motifs is 1. The Morgan fingerprint density at radius 3 is 1.71 bits per heavy atom. The molecule has 0 saturated heterocycles. The molecule has 4 aromatic carbocycles. The Hall–Kier alpha value is -4.31. The van der Waals surface area contributed by atoms with Crippen LogP contribution in [0.1, 0.15) is 63.8 Å². The van der Waals surface area contributed by atoms with Crippen molar-refractivity contribution in [2.45, 2.75) is 65.6 Å². The average Bonchev–Trinajstić information content (AvgIpc) is 2.94. The molecule has 41 heavy (non-hydrogen) atoms. The van der Waals surface area contributed by atoms with E-state index in [-0.39, 0.29) is 16.3 Å².